The summed E-state index contributed by atoms with van der Waals surface area (Å²) in [6.45, 7) is 1.97. The summed E-state index contributed by atoms with van der Waals surface area (Å²) in [6.07, 6.45) is 3.66. The van der Waals surface area contributed by atoms with Gasteiger partial charge in [-0.15, -0.1) is 0 Å². The van der Waals surface area contributed by atoms with E-state index in [1.165, 1.54) is 0 Å². The van der Waals surface area contributed by atoms with Gasteiger partial charge in [0.2, 0.25) is 0 Å². The minimum Gasteiger partial charge on any atom is -0.393 e. The molecule has 1 aliphatic carbocycles. The van der Waals surface area contributed by atoms with Gasteiger partial charge < -0.3 is 5.11 Å². The van der Waals surface area contributed by atoms with Crippen molar-refractivity contribution in [2.75, 3.05) is 0 Å². The minimum atomic E-state index is -0.248. The molecule has 0 amide bonds. The number of rotatable bonds is 2. The number of aliphatic hydroxyl groups is 1. The second-order valence-corrected chi connectivity index (χ2v) is 3.31. The largest absolute Gasteiger partial charge is 0.393 e. The summed E-state index contributed by atoms with van der Waals surface area (Å²) in [6, 6.07) is 2.27. The van der Waals surface area contributed by atoms with Crippen LogP contribution in [0.1, 0.15) is 32.6 Å². The van der Waals surface area contributed by atoms with Crippen LogP contribution in [0.15, 0.2) is 0 Å². The predicted octanol–water partition coefficient (Wildman–Crippen LogP) is 1.70. The van der Waals surface area contributed by atoms with Crippen LogP contribution in [0.4, 0.5) is 0 Å². The zero-order chi connectivity index (χ0) is 8.27. The highest BCUT2D eigenvalue weighted by molar-refractivity contribution is 4.94. The van der Waals surface area contributed by atoms with Crippen molar-refractivity contribution < 1.29 is 5.11 Å². The van der Waals surface area contributed by atoms with Crippen LogP contribution < -0.4 is 0 Å². The van der Waals surface area contributed by atoms with Crippen molar-refractivity contribution in [2.24, 2.45) is 11.8 Å². The fourth-order valence-corrected chi connectivity index (χ4v) is 1.91. The SMILES string of the molecule is CC[C@@H](O)[C@H]1CCC[C@@H]1C#N. The van der Waals surface area contributed by atoms with Crippen molar-refractivity contribution in [3.05, 3.63) is 0 Å². The van der Waals surface area contributed by atoms with Gasteiger partial charge in [-0.2, -0.15) is 5.26 Å². The second kappa shape index (κ2) is 3.73. The summed E-state index contributed by atoms with van der Waals surface area (Å²) >= 11 is 0. The van der Waals surface area contributed by atoms with Gasteiger partial charge in [0.1, 0.15) is 0 Å². The lowest BCUT2D eigenvalue weighted by atomic mass is 9.90. The molecule has 0 saturated heterocycles. The maximum absolute atomic E-state index is 9.51. The minimum absolute atomic E-state index is 0.116. The molecule has 0 heterocycles. The molecule has 62 valence electrons. The van der Waals surface area contributed by atoms with E-state index in [4.69, 9.17) is 5.26 Å². The van der Waals surface area contributed by atoms with E-state index in [0.717, 1.165) is 25.7 Å². The Hall–Kier alpha value is -0.550. The van der Waals surface area contributed by atoms with E-state index in [1.807, 2.05) is 6.92 Å². The topological polar surface area (TPSA) is 44.0 Å². The molecule has 0 aromatic rings. The first-order chi connectivity index (χ1) is 5.29. The average molecular weight is 153 g/mol. The van der Waals surface area contributed by atoms with Gasteiger partial charge in [-0.25, -0.2) is 0 Å². The number of hydrogen-bond donors (Lipinski definition) is 1. The maximum atomic E-state index is 9.51. The second-order valence-electron chi connectivity index (χ2n) is 3.31. The number of nitriles is 1. The lowest BCUT2D eigenvalue weighted by Crippen LogP contribution is -2.22. The fourth-order valence-electron chi connectivity index (χ4n) is 1.91. The van der Waals surface area contributed by atoms with E-state index >= 15 is 0 Å². The van der Waals surface area contributed by atoms with E-state index in [-0.39, 0.29) is 17.9 Å². The van der Waals surface area contributed by atoms with Crippen molar-refractivity contribution in [3.63, 3.8) is 0 Å². The van der Waals surface area contributed by atoms with Gasteiger partial charge in [-0.3, -0.25) is 0 Å². The first-order valence-corrected chi connectivity index (χ1v) is 4.37. The highest BCUT2D eigenvalue weighted by atomic mass is 16.3. The molecule has 1 saturated carbocycles. The van der Waals surface area contributed by atoms with Gasteiger partial charge in [-0.1, -0.05) is 13.3 Å². The van der Waals surface area contributed by atoms with Crippen LogP contribution in [-0.2, 0) is 0 Å². The van der Waals surface area contributed by atoms with E-state index < -0.39 is 0 Å². The molecule has 11 heavy (non-hydrogen) atoms. The lowest BCUT2D eigenvalue weighted by molar-refractivity contribution is 0.0937. The Balaban J connectivity index is 2.51. The van der Waals surface area contributed by atoms with Crippen LogP contribution in [0.3, 0.4) is 0 Å². The van der Waals surface area contributed by atoms with Gasteiger partial charge >= 0.3 is 0 Å². The van der Waals surface area contributed by atoms with Crippen LogP contribution in [0, 0.1) is 23.2 Å². The van der Waals surface area contributed by atoms with E-state index in [1.54, 1.807) is 0 Å². The molecule has 0 bridgehead atoms. The summed E-state index contributed by atoms with van der Waals surface area (Å²) in [7, 11) is 0. The molecule has 0 spiro atoms. The number of aliphatic hydroxyl groups excluding tert-OH is 1. The summed E-state index contributed by atoms with van der Waals surface area (Å²) in [5.41, 5.74) is 0. The van der Waals surface area contributed by atoms with Gasteiger partial charge in [-0.05, 0) is 19.3 Å². The standard InChI is InChI=1S/C9H15NO/c1-2-9(11)8-5-3-4-7(8)6-10/h7-9,11H,2-5H2,1H3/t7-,8+,9-/m1/s1. The Labute approximate surface area is 67.8 Å². The van der Waals surface area contributed by atoms with Crippen molar-refractivity contribution in [3.8, 4) is 6.07 Å². The molecule has 2 heteroatoms. The third-order valence-electron chi connectivity index (χ3n) is 2.65. The average Bonchev–Trinajstić information content (AvgIpc) is 2.50. The van der Waals surface area contributed by atoms with Crippen LogP contribution in [0.5, 0.6) is 0 Å². The van der Waals surface area contributed by atoms with Crippen molar-refractivity contribution >= 4 is 0 Å². The third kappa shape index (κ3) is 1.72. The molecule has 1 aliphatic rings. The van der Waals surface area contributed by atoms with Crippen LogP contribution >= 0.6 is 0 Å². The molecule has 3 atom stereocenters. The summed E-state index contributed by atoms with van der Waals surface area (Å²) < 4.78 is 0. The molecule has 2 nitrogen and oxygen atoms in total. The Morgan fingerprint density at radius 1 is 1.64 bits per heavy atom. The molecule has 1 N–H and O–H groups in total. The third-order valence-corrected chi connectivity index (χ3v) is 2.65. The number of nitrogens with zero attached hydrogens (tertiary/aromatic N) is 1. The van der Waals surface area contributed by atoms with E-state index in [9.17, 15) is 5.11 Å². The number of hydrogen-bond acceptors (Lipinski definition) is 2. The van der Waals surface area contributed by atoms with E-state index in [0.29, 0.717) is 0 Å². The first-order valence-electron chi connectivity index (χ1n) is 4.37. The van der Waals surface area contributed by atoms with Crippen molar-refractivity contribution in [1.82, 2.24) is 0 Å². The Morgan fingerprint density at radius 2 is 2.36 bits per heavy atom. The smallest absolute Gasteiger partial charge is 0.0659 e. The summed E-state index contributed by atoms with van der Waals surface area (Å²) in [5, 5.41) is 18.2. The van der Waals surface area contributed by atoms with Crippen LogP contribution in [0.2, 0.25) is 0 Å². The molecule has 1 fully saturated rings. The Bertz CT molecular complexity index is 161. The molecule has 0 radical (unpaired) electrons. The van der Waals surface area contributed by atoms with Gasteiger partial charge in [0.05, 0.1) is 18.1 Å². The molecular weight excluding hydrogens is 138 g/mol. The quantitative estimate of drug-likeness (QED) is 0.656. The van der Waals surface area contributed by atoms with Crippen LogP contribution in [-0.4, -0.2) is 11.2 Å². The molecule has 1 rings (SSSR count). The summed E-state index contributed by atoms with van der Waals surface area (Å²) in [5.74, 6) is 0.370. The lowest BCUT2D eigenvalue weighted by Gasteiger charge is -2.18. The highest BCUT2D eigenvalue weighted by Gasteiger charge is 2.31. The van der Waals surface area contributed by atoms with Gasteiger partial charge in [0.15, 0.2) is 0 Å². The Kier molecular flexibility index (Phi) is 2.90. The van der Waals surface area contributed by atoms with Gasteiger partial charge in [0, 0.05) is 5.92 Å². The normalized spacial score (nSPS) is 33.2. The first kappa shape index (κ1) is 8.55. The molecule has 0 unspecified atom stereocenters. The van der Waals surface area contributed by atoms with Crippen LogP contribution in [0.25, 0.3) is 0 Å². The molecule has 0 aromatic heterocycles. The highest BCUT2D eigenvalue weighted by Crippen LogP contribution is 2.34. The molecule has 0 aromatic carbocycles. The van der Waals surface area contributed by atoms with Gasteiger partial charge in [0.25, 0.3) is 0 Å². The maximum Gasteiger partial charge on any atom is 0.0659 e. The monoisotopic (exact) mass is 153 g/mol. The zero-order valence-corrected chi connectivity index (χ0v) is 6.95. The summed E-state index contributed by atoms with van der Waals surface area (Å²) in [4.78, 5) is 0. The van der Waals surface area contributed by atoms with E-state index in [2.05, 4.69) is 6.07 Å². The predicted molar refractivity (Wildman–Crippen MR) is 42.7 cm³/mol. The fraction of sp³-hybridized carbons (Fsp3) is 0.889. The van der Waals surface area contributed by atoms with Crippen molar-refractivity contribution in [1.29, 1.82) is 5.26 Å². The molecular formula is C9H15NO. The molecule has 0 aliphatic heterocycles. The Morgan fingerprint density at radius 3 is 2.91 bits per heavy atom. The zero-order valence-electron chi connectivity index (χ0n) is 6.95. The van der Waals surface area contributed by atoms with Crippen molar-refractivity contribution in [2.45, 2.75) is 38.7 Å².